The van der Waals surface area contributed by atoms with Crippen LogP contribution >= 0.6 is 31.8 Å². The van der Waals surface area contributed by atoms with E-state index in [-0.39, 0.29) is 12.4 Å². The zero-order valence-corrected chi connectivity index (χ0v) is 7.96. The first kappa shape index (κ1) is 12.0. The molecule has 0 N–H and O–H groups in total. The van der Waals surface area contributed by atoms with Crippen molar-refractivity contribution in [2.75, 3.05) is 24.1 Å². The van der Waals surface area contributed by atoms with E-state index in [9.17, 15) is 0 Å². The molecule has 0 amide bonds. The second-order valence-corrected chi connectivity index (χ2v) is 3.73. The number of hydrogen-bond donors (Lipinski definition) is 0. The lowest BCUT2D eigenvalue weighted by Crippen LogP contribution is -3.00. The van der Waals surface area contributed by atoms with Crippen molar-refractivity contribution in [2.45, 2.75) is 0 Å². The zero-order chi connectivity index (χ0) is 5.54. The highest BCUT2D eigenvalue weighted by molar-refractivity contribution is 7.38. The van der Waals surface area contributed by atoms with E-state index in [2.05, 4.69) is 0 Å². The molecule has 0 aromatic rings. The number of alkyl halides is 2. The van der Waals surface area contributed by atoms with Gasteiger partial charge in [0.25, 0.3) is 0 Å². The van der Waals surface area contributed by atoms with Gasteiger partial charge in [0, 0.05) is 0 Å². The number of rotatable bonds is 4. The summed E-state index contributed by atoms with van der Waals surface area (Å²) in [6.07, 6.45) is 2.38. The van der Waals surface area contributed by atoms with Crippen LogP contribution in [0.3, 0.4) is 0 Å². The fourth-order valence-electron chi connectivity index (χ4n) is 0.299. The molecule has 0 rings (SSSR count). The Morgan fingerprint density at radius 3 is 1.62 bits per heavy atom. The predicted octanol–water partition coefficient (Wildman–Crippen LogP) is -1.12. The summed E-state index contributed by atoms with van der Waals surface area (Å²) in [5.74, 6) is 1.62. The molecule has 0 spiro atoms. The molecule has 0 fully saturated rings. The first-order chi connectivity index (χ1) is 3.41. The van der Waals surface area contributed by atoms with E-state index in [1.54, 1.807) is 0 Å². The van der Waals surface area contributed by atoms with E-state index >= 15 is 0 Å². The van der Waals surface area contributed by atoms with Crippen LogP contribution in [0.15, 0.2) is 0 Å². The van der Waals surface area contributed by atoms with Gasteiger partial charge in [-0.3, -0.25) is 0 Å². The number of hydrogen-bond acceptors (Lipinski definition) is 0. The molecular weight excluding hydrogens is 185 g/mol. The van der Waals surface area contributed by atoms with Crippen LogP contribution < -0.4 is 12.4 Å². The lowest BCUT2D eigenvalue weighted by atomic mass is 10.9. The molecule has 0 saturated carbocycles. The smallest absolute Gasteiger partial charge is 0.0685 e. The molecule has 0 bridgehead atoms. The van der Waals surface area contributed by atoms with E-state index < -0.39 is 0 Å². The lowest BCUT2D eigenvalue weighted by molar-refractivity contribution is -0.00000129. The van der Waals surface area contributed by atoms with Crippen LogP contribution in [0, 0.1) is 0 Å². The van der Waals surface area contributed by atoms with Crippen LogP contribution in [-0.2, 0) is 0 Å². The van der Waals surface area contributed by atoms with Crippen molar-refractivity contribution in [2.24, 2.45) is 0 Å². The molecule has 52 valence electrons. The van der Waals surface area contributed by atoms with Crippen LogP contribution in [0.1, 0.15) is 0 Å². The first-order valence-electron chi connectivity index (χ1n) is 2.35. The van der Waals surface area contributed by atoms with Crippen LogP contribution in [0.5, 0.6) is 0 Å². The Balaban J connectivity index is 0. The molecular formula is C4H10Cl3P. The fraction of sp³-hybridized carbons (Fsp3) is 1.00. The minimum atomic E-state index is 0. The summed E-state index contributed by atoms with van der Waals surface area (Å²) in [5.41, 5.74) is 0. The fourth-order valence-corrected chi connectivity index (χ4v) is 1.82. The van der Waals surface area contributed by atoms with Crippen molar-refractivity contribution in [1.82, 2.24) is 0 Å². The summed E-state index contributed by atoms with van der Waals surface area (Å²) >= 11 is 10.8. The third-order valence-electron chi connectivity index (χ3n) is 0.626. The van der Waals surface area contributed by atoms with Gasteiger partial charge in [-0.2, -0.15) is 0 Å². The summed E-state index contributed by atoms with van der Waals surface area (Å²) in [6, 6.07) is 0. The van der Waals surface area contributed by atoms with Gasteiger partial charge in [0.1, 0.15) is 0 Å². The molecule has 4 heteroatoms. The lowest BCUT2D eigenvalue weighted by Gasteiger charge is -1.82. The highest BCUT2D eigenvalue weighted by Crippen LogP contribution is 2.08. The van der Waals surface area contributed by atoms with Gasteiger partial charge in [0.15, 0.2) is 0 Å². The molecule has 0 aliphatic heterocycles. The van der Waals surface area contributed by atoms with Gasteiger partial charge in [-0.15, -0.1) is 23.2 Å². The van der Waals surface area contributed by atoms with Gasteiger partial charge in [0.2, 0.25) is 0 Å². The molecule has 0 heterocycles. The van der Waals surface area contributed by atoms with Gasteiger partial charge in [-0.05, 0) is 8.58 Å². The highest BCUT2D eigenvalue weighted by atomic mass is 35.5. The SMILES string of the molecule is ClCC[PH2+]CCCl.[Cl-]. The monoisotopic (exact) mass is 194 g/mol. The van der Waals surface area contributed by atoms with E-state index in [0.717, 1.165) is 11.8 Å². The second kappa shape index (κ2) is 11.1. The molecule has 0 saturated heterocycles. The van der Waals surface area contributed by atoms with E-state index in [0.29, 0.717) is 8.58 Å². The van der Waals surface area contributed by atoms with Crippen molar-refractivity contribution in [1.29, 1.82) is 0 Å². The average Bonchev–Trinajstić information content (AvgIpc) is 1.69. The Morgan fingerprint density at radius 1 is 1.00 bits per heavy atom. The molecule has 0 nitrogen and oxygen atoms in total. The Labute approximate surface area is 68.5 Å². The normalized spacial score (nSPS) is 8.25. The van der Waals surface area contributed by atoms with Gasteiger partial charge >= 0.3 is 0 Å². The standard InChI is InChI=1S/C4H9Cl2P.ClH/c5-1-3-7-4-2-6;/h7H,1-4H2;1H. The third kappa shape index (κ3) is 10.3. The van der Waals surface area contributed by atoms with Crippen molar-refractivity contribution >= 4 is 31.8 Å². The maximum Gasteiger partial charge on any atom is 0.0685 e. The Kier molecular flexibility index (Phi) is 16.7. The van der Waals surface area contributed by atoms with E-state index in [4.69, 9.17) is 23.2 Å². The van der Waals surface area contributed by atoms with Gasteiger partial charge in [-0.1, -0.05) is 0 Å². The predicted molar refractivity (Wildman–Crippen MR) is 40.9 cm³/mol. The van der Waals surface area contributed by atoms with Gasteiger partial charge in [-0.25, -0.2) is 0 Å². The molecule has 0 unspecified atom stereocenters. The maximum absolute atomic E-state index is 5.42. The highest BCUT2D eigenvalue weighted by Gasteiger charge is 1.88. The molecule has 0 aromatic heterocycles. The van der Waals surface area contributed by atoms with Crippen LogP contribution in [0.25, 0.3) is 0 Å². The summed E-state index contributed by atoms with van der Waals surface area (Å²) in [5, 5.41) is 0. The Hall–Kier alpha value is 1.30. The Bertz CT molecular complexity index is 30.5. The maximum atomic E-state index is 5.42. The second-order valence-electron chi connectivity index (χ2n) is 1.24. The minimum absolute atomic E-state index is 0. The quantitative estimate of drug-likeness (QED) is 0.303. The van der Waals surface area contributed by atoms with Gasteiger partial charge < -0.3 is 12.4 Å². The summed E-state index contributed by atoms with van der Waals surface area (Å²) in [4.78, 5) is 0. The molecule has 0 aliphatic carbocycles. The van der Waals surface area contributed by atoms with Gasteiger partial charge in [0.05, 0.1) is 24.1 Å². The summed E-state index contributed by atoms with van der Waals surface area (Å²) in [7, 11) is 0.558. The Morgan fingerprint density at radius 2 is 1.38 bits per heavy atom. The summed E-state index contributed by atoms with van der Waals surface area (Å²) in [6.45, 7) is 0. The zero-order valence-electron chi connectivity index (χ0n) is 4.54. The first-order valence-corrected chi connectivity index (χ1v) is 5.05. The molecule has 0 aliphatic rings. The van der Waals surface area contributed by atoms with Crippen molar-refractivity contribution in [3.05, 3.63) is 0 Å². The van der Waals surface area contributed by atoms with E-state index in [1.165, 1.54) is 12.3 Å². The molecule has 0 aromatic carbocycles. The van der Waals surface area contributed by atoms with Crippen LogP contribution in [0.4, 0.5) is 0 Å². The van der Waals surface area contributed by atoms with Crippen molar-refractivity contribution < 1.29 is 12.4 Å². The number of halogens is 3. The molecule has 8 heavy (non-hydrogen) atoms. The van der Waals surface area contributed by atoms with Crippen LogP contribution in [-0.4, -0.2) is 24.1 Å². The largest absolute Gasteiger partial charge is 1.00 e. The average molecular weight is 195 g/mol. The third-order valence-corrected chi connectivity index (χ3v) is 3.19. The summed E-state index contributed by atoms with van der Waals surface area (Å²) < 4.78 is 0. The topological polar surface area (TPSA) is 0 Å². The van der Waals surface area contributed by atoms with E-state index in [1.807, 2.05) is 0 Å². The minimum Gasteiger partial charge on any atom is -1.00 e. The molecule has 0 atom stereocenters. The van der Waals surface area contributed by atoms with Crippen molar-refractivity contribution in [3.63, 3.8) is 0 Å². The molecule has 0 radical (unpaired) electrons. The van der Waals surface area contributed by atoms with Crippen LogP contribution in [0.2, 0.25) is 0 Å². The van der Waals surface area contributed by atoms with Crippen molar-refractivity contribution in [3.8, 4) is 0 Å².